The van der Waals surface area contributed by atoms with Gasteiger partial charge in [-0.05, 0) is 44.2 Å². The molecule has 2 aromatic carbocycles. The Labute approximate surface area is 198 Å². The molecule has 174 valence electrons. The third-order valence-electron chi connectivity index (χ3n) is 5.32. The first-order valence-electron chi connectivity index (χ1n) is 11.5. The molecule has 1 atom stereocenters. The van der Waals surface area contributed by atoms with Crippen molar-refractivity contribution in [2.24, 2.45) is 5.92 Å². The van der Waals surface area contributed by atoms with Gasteiger partial charge in [0, 0.05) is 18.8 Å². The van der Waals surface area contributed by atoms with E-state index in [1.54, 1.807) is 16.7 Å². The lowest BCUT2D eigenvalue weighted by Crippen LogP contribution is -2.50. The van der Waals surface area contributed by atoms with Crippen LogP contribution in [0.1, 0.15) is 55.0 Å². The molecular formula is C27H38N2O2S. The fraction of sp³-hybridized carbons (Fsp3) is 0.481. The number of hydrogen-bond donors (Lipinski definition) is 1. The number of thioether (sulfide) groups is 1. The van der Waals surface area contributed by atoms with E-state index >= 15 is 0 Å². The number of aryl methyl sites for hydroxylation is 3. The average molecular weight is 455 g/mol. The molecule has 2 rings (SSSR count). The lowest BCUT2D eigenvalue weighted by Gasteiger charge is -2.31. The molecule has 32 heavy (non-hydrogen) atoms. The molecule has 0 spiro atoms. The number of nitrogens with one attached hydrogen (secondary N) is 1. The van der Waals surface area contributed by atoms with Crippen molar-refractivity contribution >= 4 is 23.6 Å². The van der Waals surface area contributed by atoms with Crippen molar-refractivity contribution in [3.63, 3.8) is 0 Å². The Morgan fingerprint density at radius 3 is 2.12 bits per heavy atom. The molecule has 0 fully saturated rings. The van der Waals surface area contributed by atoms with Gasteiger partial charge in [-0.15, -0.1) is 11.8 Å². The van der Waals surface area contributed by atoms with Crippen molar-refractivity contribution in [2.45, 2.75) is 66.3 Å². The van der Waals surface area contributed by atoms with Crippen LogP contribution in [0.15, 0.2) is 42.5 Å². The first kappa shape index (κ1) is 26.0. The molecule has 4 nitrogen and oxygen atoms in total. The first-order chi connectivity index (χ1) is 15.2. The second-order valence-electron chi connectivity index (χ2n) is 9.06. The number of benzene rings is 2. The zero-order chi connectivity index (χ0) is 23.7. The zero-order valence-corrected chi connectivity index (χ0v) is 21.2. The Hall–Kier alpha value is -2.27. The van der Waals surface area contributed by atoms with Gasteiger partial charge in [0.25, 0.3) is 0 Å². The lowest BCUT2D eigenvalue weighted by atomic mass is 10.1. The van der Waals surface area contributed by atoms with Crippen molar-refractivity contribution in [3.05, 3.63) is 70.3 Å². The maximum Gasteiger partial charge on any atom is 0.242 e. The summed E-state index contributed by atoms with van der Waals surface area (Å²) in [6.45, 7) is 13.4. The molecule has 0 aliphatic carbocycles. The van der Waals surface area contributed by atoms with E-state index < -0.39 is 6.04 Å². The van der Waals surface area contributed by atoms with Gasteiger partial charge in [-0.3, -0.25) is 9.59 Å². The Kier molecular flexibility index (Phi) is 10.3. The molecule has 2 amide bonds. The Morgan fingerprint density at radius 1 is 0.938 bits per heavy atom. The molecular weight excluding hydrogens is 416 g/mol. The summed E-state index contributed by atoms with van der Waals surface area (Å²) < 4.78 is 0. The monoisotopic (exact) mass is 454 g/mol. The predicted octanol–water partition coefficient (Wildman–Crippen LogP) is 5.42. The maximum absolute atomic E-state index is 13.3. The van der Waals surface area contributed by atoms with Crippen LogP contribution in [-0.2, 0) is 21.9 Å². The Bertz CT molecular complexity index is 873. The van der Waals surface area contributed by atoms with Gasteiger partial charge in [-0.2, -0.15) is 0 Å². The van der Waals surface area contributed by atoms with Crippen LogP contribution >= 0.6 is 11.8 Å². The van der Waals surface area contributed by atoms with Crippen LogP contribution in [-0.4, -0.2) is 35.1 Å². The summed E-state index contributed by atoms with van der Waals surface area (Å²) in [5.74, 6) is 1.44. The van der Waals surface area contributed by atoms with Crippen molar-refractivity contribution in [3.8, 4) is 0 Å². The molecule has 0 heterocycles. The minimum atomic E-state index is -0.468. The van der Waals surface area contributed by atoms with Gasteiger partial charge < -0.3 is 10.2 Å². The third kappa shape index (κ3) is 8.34. The second kappa shape index (κ2) is 12.7. The molecule has 0 aliphatic rings. The maximum atomic E-state index is 13.3. The van der Waals surface area contributed by atoms with E-state index in [0.717, 1.165) is 11.3 Å². The van der Waals surface area contributed by atoms with Crippen molar-refractivity contribution in [1.29, 1.82) is 0 Å². The number of amides is 2. The van der Waals surface area contributed by atoms with Gasteiger partial charge in [0.1, 0.15) is 6.04 Å². The Balaban J connectivity index is 2.12. The van der Waals surface area contributed by atoms with Crippen molar-refractivity contribution in [1.82, 2.24) is 10.2 Å². The molecule has 0 radical (unpaired) electrons. The minimum absolute atomic E-state index is 0.00602. The van der Waals surface area contributed by atoms with Gasteiger partial charge in [0.15, 0.2) is 0 Å². The fourth-order valence-electron chi connectivity index (χ4n) is 3.72. The molecule has 2 aromatic rings. The number of nitrogens with zero attached hydrogens (tertiary/aromatic N) is 1. The largest absolute Gasteiger partial charge is 0.354 e. The summed E-state index contributed by atoms with van der Waals surface area (Å²) in [7, 11) is 0. The first-order valence-corrected chi connectivity index (χ1v) is 12.6. The topological polar surface area (TPSA) is 49.4 Å². The SMILES string of the molecule is CC[C@H](C(=O)NCC(C)C)N(Cc1ccc(C)cc1)C(=O)CSCc1cc(C)cc(C)c1. The summed E-state index contributed by atoms with van der Waals surface area (Å²) >= 11 is 1.61. The standard InChI is InChI=1S/C27H38N2O2S/c1-7-25(27(31)28-15-19(2)3)29(16-23-10-8-20(4)9-11-23)26(30)18-32-17-24-13-21(5)12-22(6)14-24/h8-14,19,25H,7,15-18H2,1-6H3,(H,28,31)/t25-/m1/s1. The molecule has 0 unspecified atom stereocenters. The van der Waals surface area contributed by atoms with Gasteiger partial charge in [-0.1, -0.05) is 79.9 Å². The van der Waals surface area contributed by atoms with Crippen molar-refractivity contribution < 1.29 is 9.59 Å². The summed E-state index contributed by atoms with van der Waals surface area (Å²) in [6.07, 6.45) is 0.587. The van der Waals surface area contributed by atoms with Crippen LogP contribution in [0.25, 0.3) is 0 Å². The molecule has 5 heteroatoms. The predicted molar refractivity (Wildman–Crippen MR) is 136 cm³/mol. The second-order valence-corrected chi connectivity index (χ2v) is 10.0. The van der Waals surface area contributed by atoms with Crippen LogP contribution in [0.4, 0.5) is 0 Å². The highest BCUT2D eigenvalue weighted by Crippen LogP contribution is 2.19. The molecule has 0 aromatic heterocycles. The number of carbonyl (C=O) groups is 2. The summed E-state index contributed by atoms with van der Waals surface area (Å²) in [4.78, 5) is 28.0. The van der Waals surface area contributed by atoms with Crippen LogP contribution in [0, 0.1) is 26.7 Å². The summed E-state index contributed by atoms with van der Waals surface area (Å²) in [5.41, 5.74) is 5.92. The van der Waals surface area contributed by atoms with Crippen LogP contribution in [0.5, 0.6) is 0 Å². The molecule has 0 saturated heterocycles. The highest BCUT2D eigenvalue weighted by molar-refractivity contribution is 7.99. The zero-order valence-electron chi connectivity index (χ0n) is 20.4. The average Bonchev–Trinajstić information content (AvgIpc) is 2.72. The smallest absolute Gasteiger partial charge is 0.242 e. The number of carbonyl (C=O) groups excluding carboxylic acids is 2. The molecule has 0 bridgehead atoms. The van der Waals surface area contributed by atoms with E-state index in [-0.39, 0.29) is 11.8 Å². The van der Waals surface area contributed by atoms with Crippen LogP contribution in [0.3, 0.4) is 0 Å². The van der Waals surface area contributed by atoms with Crippen LogP contribution in [0.2, 0.25) is 0 Å². The third-order valence-corrected chi connectivity index (χ3v) is 6.31. The van der Waals surface area contributed by atoms with Gasteiger partial charge in [0.2, 0.25) is 11.8 Å². The number of hydrogen-bond acceptors (Lipinski definition) is 3. The molecule has 0 aliphatic heterocycles. The highest BCUT2D eigenvalue weighted by atomic mass is 32.2. The van der Waals surface area contributed by atoms with E-state index in [4.69, 9.17) is 0 Å². The quantitative estimate of drug-likeness (QED) is 0.493. The minimum Gasteiger partial charge on any atom is -0.354 e. The van der Waals surface area contributed by atoms with E-state index in [9.17, 15) is 9.59 Å². The van der Waals surface area contributed by atoms with Crippen LogP contribution < -0.4 is 5.32 Å². The number of rotatable bonds is 11. The Morgan fingerprint density at radius 2 is 1.56 bits per heavy atom. The van der Waals surface area contributed by atoms with E-state index in [0.29, 0.717) is 31.2 Å². The summed E-state index contributed by atoms with van der Waals surface area (Å²) in [6, 6.07) is 14.2. The fourth-order valence-corrected chi connectivity index (χ4v) is 4.57. The molecule has 1 N–H and O–H groups in total. The lowest BCUT2D eigenvalue weighted by molar-refractivity contribution is -0.139. The molecule has 0 saturated carbocycles. The van der Waals surface area contributed by atoms with Gasteiger partial charge in [0.05, 0.1) is 5.75 Å². The highest BCUT2D eigenvalue weighted by Gasteiger charge is 2.28. The van der Waals surface area contributed by atoms with E-state index in [1.165, 1.54) is 22.3 Å². The van der Waals surface area contributed by atoms with E-state index in [2.05, 4.69) is 51.2 Å². The van der Waals surface area contributed by atoms with Crippen molar-refractivity contribution in [2.75, 3.05) is 12.3 Å². The van der Waals surface area contributed by atoms with Gasteiger partial charge in [-0.25, -0.2) is 0 Å². The summed E-state index contributed by atoms with van der Waals surface area (Å²) in [5, 5.41) is 3.02. The van der Waals surface area contributed by atoms with E-state index in [1.807, 2.05) is 38.1 Å². The normalized spacial score (nSPS) is 12.0. The van der Waals surface area contributed by atoms with Gasteiger partial charge >= 0.3 is 0 Å².